The fraction of sp³-hybridized carbons (Fsp3) is 0.111. The van der Waals surface area contributed by atoms with Gasteiger partial charge in [0.2, 0.25) is 0 Å². The lowest BCUT2D eigenvalue weighted by Gasteiger charge is -2.16. The van der Waals surface area contributed by atoms with Gasteiger partial charge in [-0.25, -0.2) is 0 Å². The number of nitriles is 1. The Morgan fingerprint density at radius 3 is 2.52 bits per heavy atom. The number of rotatable bonds is 6. The van der Waals surface area contributed by atoms with Crippen LogP contribution in [0.1, 0.15) is 11.1 Å². The topological polar surface area (TPSA) is 44.1 Å². The van der Waals surface area contributed by atoms with Crippen LogP contribution in [0, 0.1) is 11.3 Å². The first-order chi connectivity index (χ1) is 10.3. The van der Waals surface area contributed by atoms with Gasteiger partial charge in [0.1, 0.15) is 6.29 Å². The average Bonchev–Trinajstić information content (AvgIpc) is 2.55. The lowest BCUT2D eigenvalue weighted by molar-refractivity contribution is -0.108. The molecule has 0 spiro atoms. The predicted octanol–water partition coefficient (Wildman–Crippen LogP) is 3.37. The van der Waals surface area contributed by atoms with Crippen molar-refractivity contribution >= 4 is 6.29 Å². The van der Waals surface area contributed by atoms with Crippen molar-refractivity contribution in [2.45, 2.75) is 6.54 Å². The number of benzene rings is 2. The van der Waals surface area contributed by atoms with Crippen molar-refractivity contribution in [1.29, 1.82) is 5.26 Å². The number of carbonyl (C=O) groups excluding carboxylic acids is 1. The third kappa shape index (κ3) is 3.80. The smallest absolute Gasteiger partial charge is 0.139 e. The maximum Gasteiger partial charge on any atom is 0.139 e. The Kier molecular flexibility index (Phi) is 4.89. The lowest BCUT2D eigenvalue weighted by atomic mass is 10.0. The summed E-state index contributed by atoms with van der Waals surface area (Å²) in [5.74, 6) is 0. The van der Waals surface area contributed by atoms with E-state index in [0.29, 0.717) is 18.7 Å². The van der Waals surface area contributed by atoms with E-state index in [1.165, 1.54) is 0 Å². The normalized spacial score (nSPS) is 9.67. The van der Waals surface area contributed by atoms with Crippen molar-refractivity contribution in [3.8, 4) is 17.2 Å². The third-order valence-corrected chi connectivity index (χ3v) is 3.23. The van der Waals surface area contributed by atoms with Gasteiger partial charge in [0.25, 0.3) is 0 Å². The Morgan fingerprint density at radius 2 is 1.90 bits per heavy atom. The minimum Gasteiger partial charge on any atom is -0.367 e. The van der Waals surface area contributed by atoms with Crippen molar-refractivity contribution in [1.82, 2.24) is 4.90 Å². The SMILES string of the molecule is C=CN(CC=O)Cc1ccc(-c2cccc(C#N)c2)cc1. The second-order valence-electron chi connectivity index (χ2n) is 4.67. The molecule has 0 unspecified atom stereocenters. The van der Waals surface area contributed by atoms with E-state index < -0.39 is 0 Å². The van der Waals surface area contributed by atoms with E-state index in [9.17, 15) is 4.79 Å². The van der Waals surface area contributed by atoms with Gasteiger partial charge in [-0.1, -0.05) is 43.0 Å². The molecule has 0 heterocycles. The molecule has 21 heavy (non-hydrogen) atoms. The maximum atomic E-state index is 10.5. The summed E-state index contributed by atoms with van der Waals surface area (Å²) in [4.78, 5) is 12.4. The Labute approximate surface area is 124 Å². The summed E-state index contributed by atoms with van der Waals surface area (Å²) in [6, 6.07) is 17.8. The highest BCUT2D eigenvalue weighted by molar-refractivity contribution is 5.65. The summed E-state index contributed by atoms with van der Waals surface area (Å²) in [5, 5.41) is 8.94. The predicted molar refractivity (Wildman–Crippen MR) is 83.3 cm³/mol. The second-order valence-corrected chi connectivity index (χ2v) is 4.67. The summed E-state index contributed by atoms with van der Waals surface area (Å²) in [5.41, 5.74) is 3.85. The molecule has 0 aromatic heterocycles. The monoisotopic (exact) mass is 276 g/mol. The van der Waals surface area contributed by atoms with Crippen LogP contribution in [-0.4, -0.2) is 17.7 Å². The van der Waals surface area contributed by atoms with Crippen molar-refractivity contribution < 1.29 is 4.79 Å². The van der Waals surface area contributed by atoms with E-state index in [-0.39, 0.29) is 0 Å². The number of nitrogens with zero attached hydrogens (tertiary/aromatic N) is 2. The number of hydrogen-bond donors (Lipinski definition) is 0. The van der Waals surface area contributed by atoms with Crippen LogP contribution >= 0.6 is 0 Å². The molecule has 0 N–H and O–H groups in total. The van der Waals surface area contributed by atoms with E-state index >= 15 is 0 Å². The van der Waals surface area contributed by atoms with E-state index in [0.717, 1.165) is 23.0 Å². The van der Waals surface area contributed by atoms with Crippen molar-refractivity contribution in [3.63, 3.8) is 0 Å². The van der Waals surface area contributed by atoms with Gasteiger partial charge in [-0.05, 0) is 35.0 Å². The first kappa shape index (κ1) is 14.5. The zero-order chi connectivity index (χ0) is 15.1. The van der Waals surface area contributed by atoms with Crippen LogP contribution < -0.4 is 0 Å². The summed E-state index contributed by atoms with van der Waals surface area (Å²) >= 11 is 0. The van der Waals surface area contributed by atoms with Crippen LogP contribution in [0.4, 0.5) is 0 Å². The fourth-order valence-electron chi connectivity index (χ4n) is 2.10. The molecule has 3 heteroatoms. The van der Waals surface area contributed by atoms with Gasteiger partial charge in [-0.15, -0.1) is 0 Å². The summed E-state index contributed by atoms with van der Waals surface area (Å²) in [6.45, 7) is 4.69. The van der Waals surface area contributed by atoms with E-state index in [1.54, 1.807) is 12.3 Å². The quantitative estimate of drug-likeness (QED) is 0.760. The number of aldehydes is 1. The molecule has 0 radical (unpaired) electrons. The Hall–Kier alpha value is -2.86. The van der Waals surface area contributed by atoms with Crippen LogP contribution in [-0.2, 0) is 11.3 Å². The van der Waals surface area contributed by atoms with Crippen LogP contribution in [0.5, 0.6) is 0 Å². The van der Waals surface area contributed by atoms with Crippen molar-refractivity contribution in [3.05, 3.63) is 72.4 Å². The van der Waals surface area contributed by atoms with Gasteiger partial charge < -0.3 is 9.69 Å². The highest BCUT2D eigenvalue weighted by Gasteiger charge is 2.02. The zero-order valence-corrected chi connectivity index (χ0v) is 11.7. The minimum atomic E-state index is 0.343. The van der Waals surface area contributed by atoms with Crippen LogP contribution in [0.25, 0.3) is 11.1 Å². The third-order valence-electron chi connectivity index (χ3n) is 3.23. The summed E-state index contributed by atoms with van der Waals surface area (Å²) in [7, 11) is 0. The molecule has 0 saturated carbocycles. The number of hydrogen-bond acceptors (Lipinski definition) is 3. The molecule has 0 bridgehead atoms. The summed E-state index contributed by atoms with van der Waals surface area (Å²) < 4.78 is 0. The Balaban J connectivity index is 2.16. The fourth-order valence-corrected chi connectivity index (χ4v) is 2.10. The molecule has 2 rings (SSSR count). The highest BCUT2D eigenvalue weighted by Crippen LogP contribution is 2.21. The highest BCUT2D eigenvalue weighted by atomic mass is 16.1. The first-order valence-corrected chi connectivity index (χ1v) is 6.66. The lowest BCUT2D eigenvalue weighted by Crippen LogP contribution is -2.18. The van der Waals surface area contributed by atoms with Crippen LogP contribution in [0.3, 0.4) is 0 Å². The average molecular weight is 276 g/mol. The van der Waals surface area contributed by atoms with Crippen molar-refractivity contribution in [2.24, 2.45) is 0 Å². The van der Waals surface area contributed by atoms with E-state index in [1.807, 2.05) is 47.4 Å². The molecule has 3 nitrogen and oxygen atoms in total. The van der Waals surface area contributed by atoms with Gasteiger partial charge in [0.05, 0.1) is 18.2 Å². The van der Waals surface area contributed by atoms with Crippen molar-refractivity contribution in [2.75, 3.05) is 6.54 Å². The van der Waals surface area contributed by atoms with Gasteiger partial charge >= 0.3 is 0 Å². The standard InChI is InChI=1S/C18H16N2O/c1-2-20(10-11-21)14-15-6-8-17(9-7-15)18-5-3-4-16(12-18)13-19/h2-9,11-12H,1,10,14H2. The molecule has 0 saturated heterocycles. The molecule has 0 fully saturated rings. The molecule has 0 atom stereocenters. The maximum absolute atomic E-state index is 10.5. The minimum absolute atomic E-state index is 0.343. The van der Waals surface area contributed by atoms with Gasteiger partial charge in [0, 0.05) is 6.54 Å². The summed E-state index contributed by atoms with van der Waals surface area (Å²) in [6.07, 6.45) is 2.53. The molecule has 0 aliphatic carbocycles. The molecule has 2 aromatic rings. The largest absolute Gasteiger partial charge is 0.367 e. The van der Waals surface area contributed by atoms with E-state index in [4.69, 9.17) is 5.26 Å². The van der Waals surface area contributed by atoms with Gasteiger partial charge in [0.15, 0.2) is 0 Å². The molecule has 0 amide bonds. The molecule has 0 aliphatic rings. The first-order valence-electron chi connectivity index (χ1n) is 6.66. The number of carbonyl (C=O) groups is 1. The zero-order valence-electron chi connectivity index (χ0n) is 11.7. The molecular weight excluding hydrogens is 260 g/mol. The second kappa shape index (κ2) is 7.06. The van der Waals surface area contributed by atoms with Gasteiger partial charge in [-0.2, -0.15) is 5.26 Å². The van der Waals surface area contributed by atoms with Crippen LogP contribution in [0.2, 0.25) is 0 Å². The van der Waals surface area contributed by atoms with Crippen LogP contribution in [0.15, 0.2) is 61.3 Å². The Bertz CT molecular complexity index is 668. The molecule has 104 valence electrons. The Morgan fingerprint density at radius 1 is 1.14 bits per heavy atom. The molecular formula is C18H16N2O. The van der Waals surface area contributed by atoms with Gasteiger partial charge in [-0.3, -0.25) is 0 Å². The van der Waals surface area contributed by atoms with E-state index in [2.05, 4.69) is 12.6 Å². The molecule has 0 aliphatic heterocycles. The molecule has 2 aromatic carbocycles.